The van der Waals surface area contributed by atoms with Crippen LogP contribution in [0.25, 0.3) is 11.0 Å². The van der Waals surface area contributed by atoms with Gasteiger partial charge in [-0.2, -0.15) is 0 Å². The molecule has 110 valence electrons. The lowest BCUT2D eigenvalue weighted by Crippen LogP contribution is -2.57. The van der Waals surface area contributed by atoms with Gasteiger partial charge in [-0.25, -0.2) is 0 Å². The van der Waals surface area contributed by atoms with Gasteiger partial charge in [0.15, 0.2) is 11.2 Å². The van der Waals surface area contributed by atoms with Crippen molar-refractivity contribution in [2.24, 2.45) is 0 Å². The Morgan fingerprint density at radius 3 is 2.62 bits per heavy atom. The summed E-state index contributed by atoms with van der Waals surface area (Å²) in [7, 11) is 0. The summed E-state index contributed by atoms with van der Waals surface area (Å²) in [5, 5.41) is 3.77. The number of piperazine rings is 1. The Hall–Kier alpha value is -2.14. The zero-order valence-electron chi connectivity index (χ0n) is 12.1. The van der Waals surface area contributed by atoms with Crippen molar-refractivity contribution in [3.8, 4) is 0 Å². The van der Waals surface area contributed by atoms with E-state index >= 15 is 0 Å². The van der Waals surface area contributed by atoms with Gasteiger partial charge in [0, 0.05) is 31.2 Å². The number of fused-ring (bicyclic) bond motifs is 1. The number of hydrogen-bond donors (Lipinski definition) is 1. The fraction of sp³-hybridized carbons (Fsp3) is 0.375. The van der Waals surface area contributed by atoms with Crippen molar-refractivity contribution in [1.29, 1.82) is 0 Å². The summed E-state index contributed by atoms with van der Waals surface area (Å²) >= 11 is 0. The van der Waals surface area contributed by atoms with Gasteiger partial charge >= 0.3 is 0 Å². The first-order valence-corrected chi connectivity index (χ1v) is 7.14. The predicted octanol–water partition coefficient (Wildman–Crippen LogP) is 1.62. The molecular formula is C16H18N2O3. The molecule has 0 spiro atoms. The second kappa shape index (κ2) is 5.33. The molecule has 0 bridgehead atoms. The maximum absolute atomic E-state index is 12.7. The molecule has 2 heterocycles. The summed E-state index contributed by atoms with van der Waals surface area (Å²) < 4.78 is 5.64. The summed E-state index contributed by atoms with van der Waals surface area (Å²) in [5.74, 6) is -0.112. The van der Waals surface area contributed by atoms with E-state index in [1.165, 1.54) is 6.07 Å². The number of nitrogens with one attached hydrogen (secondary N) is 1. The lowest BCUT2D eigenvalue weighted by Gasteiger charge is -2.39. The third-order valence-electron chi connectivity index (χ3n) is 3.91. The van der Waals surface area contributed by atoms with Crippen LogP contribution in [-0.4, -0.2) is 36.0 Å². The molecule has 5 heteroatoms. The Balaban J connectivity index is 2.03. The first-order valence-electron chi connectivity index (χ1n) is 7.14. The largest absolute Gasteiger partial charge is 0.451 e. The summed E-state index contributed by atoms with van der Waals surface area (Å²) in [6.45, 7) is 5.46. The van der Waals surface area contributed by atoms with E-state index in [1.54, 1.807) is 29.2 Å². The molecular weight excluding hydrogens is 268 g/mol. The van der Waals surface area contributed by atoms with E-state index in [-0.39, 0.29) is 29.2 Å². The van der Waals surface area contributed by atoms with Crippen LogP contribution < -0.4 is 10.7 Å². The van der Waals surface area contributed by atoms with Gasteiger partial charge in [0.05, 0.1) is 5.39 Å². The Morgan fingerprint density at radius 1 is 1.24 bits per heavy atom. The smallest absolute Gasteiger partial charge is 0.290 e. The van der Waals surface area contributed by atoms with Crippen LogP contribution in [0.3, 0.4) is 0 Å². The van der Waals surface area contributed by atoms with Crippen molar-refractivity contribution >= 4 is 16.9 Å². The molecule has 1 saturated heterocycles. The molecule has 1 fully saturated rings. The molecule has 2 aromatic rings. The number of benzene rings is 1. The van der Waals surface area contributed by atoms with E-state index in [0.29, 0.717) is 11.0 Å². The second-order valence-corrected chi connectivity index (χ2v) is 5.54. The molecule has 2 atom stereocenters. The monoisotopic (exact) mass is 286 g/mol. The second-order valence-electron chi connectivity index (χ2n) is 5.54. The van der Waals surface area contributed by atoms with Gasteiger partial charge < -0.3 is 14.6 Å². The molecule has 21 heavy (non-hydrogen) atoms. The molecule has 1 aromatic heterocycles. The van der Waals surface area contributed by atoms with Crippen LogP contribution in [-0.2, 0) is 0 Å². The SMILES string of the molecule is CC1CNCC(C)N1C(=O)c1cc(=O)c2ccccc2o1. The Kier molecular flexibility index (Phi) is 3.51. The van der Waals surface area contributed by atoms with E-state index < -0.39 is 0 Å². The zero-order chi connectivity index (χ0) is 15.0. The molecule has 1 aromatic carbocycles. The average Bonchev–Trinajstić information content (AvgIpc) is 2.47. The summed E-state index contributed by atoms with van der Waals surface area (Å²) in [6.07, 6.45) is 0. The summed E-state index contributed by atoms with van der Waals surface area (Å²) in [4.78, 5) is 26.6. The Bertz CT molecular complexity index is 728. The standard InChI is InChI=1S/C16H18N2O3/c1-10-8-17-9-11(2)18(10)16(20)15-7-13(19)12-5-3-4-6-14(12)21-15/h3-7,10-11,17H,8-9H2,1-2H3. The summed E-state index contributed by atoms with van der Waals surface area (Å²) in [5.41, 5.74) is 0.263. The van der Waals surface area contributed by atoms with Gasteiger partial charge in [0.1, 0.15) is 5.58 Å². The number of nitrogens with zero attached hydrogens (tertiary/aromatic N) is 1. The fourth-order valence-electron chi connectivity index (χ4n) is 2.87. The highest BCUT2D eigenvalue weighted by Gasteiger charge is 2.31. The molecule has 1 aliphatic rings. The molecule has 1 N–H and O–H groups in total. The van der Waals surface area contributed by atoms with Crippen molar-refractivity contribution in [2.75, 3.05) is 13.1 Å². The number of amides is 1. The molecule has 5 nitrogen and oxygen atoms in total. The van der Waals surface area contributed by atoms with Crippen molar-refractivity contribution in [3.05, 3.63) is 46.3 Å². The highest BCUT2D eigenvalue weighted by Crippen LogP contribution is 2.17. The molecule has 2 unspecified atom stereocenters. The van der Waals surface area contributed by atoms with Crippen LogP contribution in [0.2, 0.25) is 0 Å². The Labute approximate surface area is 122 Å². The fourth-order valence-corrected chi connectivity index (χ4v) is 2.87. The number of carbonyl (C=O) groups excluding carboxylic acids is 1. The van der Waals surface area contributed by atoms with Crippen LogP contribution in [0.1, 0.15) is 24.4 Å². The first kappa shape index (κ1) is 13.8. The maximum atomic E-state index is 12.7. The van der Waals surface area contributed by atoms with E-state index in [2.05, 4.69) is 5.32 Å². The molecule has 1 amide bonds. The van der Waals surface area contributed by atoms with Crippen molar-refractivity contribution in [1.82, 2.24) is 10.2 Å². The quantitative estimate of drug-likeness (QED) is 0.865. The van der Waals surface area contributed by atoms with E-state index in [4.69, 9.17) is 4.42 Å². The lowest BCUT2D eigenvalue weighted by atomic mass is 10.1. The van der Waals surface area contributed by atoms with E-state index in [1.807, 2.05) is 13.8 Å². The van der Waals surface area contributed by atoms with Crippen LogP contribution in [0.4, 0.5) is 0 Å². The van der Waals surface area contributed by atoms with Gasteiger partial charge in [-0.1, -0.05) is 12.1 Å². The maximum Gasteiger partial charge on any atom is 0.290 e. The molecule has 1 aliphatic heterocycles. The molecule has 0 radical (unpaired) electrons. The third kappa shape index (κ3) is 2.45. The van der Waals surface area contributed by atoms with Crippen molar-refractivity contribution in [3.63, 3.8) is 0 Å². The number of rotatable bonds is 1. The minimum Gasteiger partial charge on any atom is -0.451 e. The van der Waals surface area contributed by atoms with E-state index in [0.717, 1.165) is 13.1 Å². The van der Waals surface area contributed by atoms with Gasteiger partial charge in [0.2, 0.25) is 0 Å². The van der Waals surface area contributed by atoms with Gasteiger partial charge in [-0.15, -0.1) is 0 Å². The number of carbonyl (C=O) groups is 1. The predicted molar refractivity (Wildman–Crippen MR) is 80.4 cm³/mol. The third-order valence-corrected chi connectivity index (χ3v) is 3.91. The first-order chi connectivity index (χ1) is 10.1. The zero-order valence-corrected chi connectivity index (χ0v) is 12.1. The van der Waals surface area contributed by atoms with Crippen LogP contribution in [0, 0.1) is 0 Å². The van der Waals surface area contributed by atoms with Gasteiger partial charge in [-0.05, 0) is 26.0 Å². The lowest BCUT2D eigenvalue weighted by molar-refractivity contribution is 0.0512. The molecule has 3 rings (SSSR count). The van der Waals surface area contributed by atoms with E-state index in [9.17, 15) is 9.59 Å². The van der Waals surface area contributed by atoms with Crippen molar-refractivity contribution in [2.45, 2.75) is 25.9 Å². The number of hydrogen-bond acceptors (Lipinski definition) is 4. The topological polar surface area (TPSA) is 62.6 Å². The molecule has 0 aliphatic carbocycles. The van der Waals surface area contributed by atoms with Crippen LogP contribution >= 0.6 is 0 Å². The normalized spacial score (nSPS) is 22.5. The van der Waals surface area contributed by atoms with Gasteiger partial charge in [0.25, 0.3) is 5.91 Å². The summed E-state index contributed by atoms with van der Waals surface area (Å²) in [6, 6.07) is 8.41. The van der Waals surface area contributed by atoms with Crippen LogP contribution in [0.15, 0.2) is 39.5 Å². The average molecular weight is 286 g/mol. The van der Waals surface area contributed by atoms with Gasteiger partial charge in [-0.3, -0.25) is 9.59 Å². The minimum atomic E-state index is -0.223. The van der Waals surface area contributed by atoms with Crippen molar-refractivity contribution < 1.29 is 9.21 Å². The Morgan fingerprint density at radius 2 is 1.90 bits per heavy atom. The van der Waals surface area contributed by atoms with Crippen LogP contribution in [0.5, 0.6) is 0 Å². The highest BCUT2D eigenvalue weighted by molar-refractivity contribution is 5.93. The molecule has 0 saturated carbocycles. The number of para-hydroxylation sites is 1. The minimum absolute atomic E-state index is 0.0676. The highest BCUT2D eigenvalue weighted by atomic mass is 16.3.